The van der Waals surface area contributed by atoms with Crippen LogP contribution in [0, 0.1) is 11.7 Å². The maximum Gasteiger partial charge on any atom is 0.238 e. The van der Waals surface area contributed by atoms with Crippen molar-refractivity contribution in [2.24, 2.45) is 5.92 Å². The Morgan fingerprint density at radius 1 is 1.25 bits per heavy atom. The number of hydrogen-bond donors (Lipinski definition) is 2. The van der Waals surface area contributed by atoms with Crippen molar-refractivity contribution in [2.45, 2.75) is 70.8 Å². The van der Waals surface area contributed by atoms with Crippen molar-refractivity contribution in [3.05, 3.63) is 66.2 Å². The number of nitrogens with one attached hydrogen (secondary N) is 2. The SMILES string of the molecule is C=CC(=O)C[C@H]1CC[C@@H](Nc2n[nH]c3nccc(-c4ccc(CCC(=O)c5noc(C(C)(C)C)n5)c(F)c4)c23)C1. The van der Waals surface area contributed by atoms with E-state index in [9.17, 15) is 9.59 Å². The molecule has 0 aliphatic heterocycles. The Labute approximate surface area is 231 Å². The fraction of sp³-hybridized carbons (Fsp3) is 0.400. The molecule has 9 nitrogen and oxygen atoms in total. The number of rotatable bonds is 10. The molecule has 0 saturated heterocycles. The highest BCUT2D eigenvalue weighted by molar-refractivity contribution is 6.00. The lowest BCUT2D eigenvalue weighted by Gasteiger charge is -2.14. The summed E-state index contributed by atoms with van der Waals surface area (Å²) in [6.45, 7) is 9.33. The molecular weight excluding hydrogens is 511 g/mol. The largest absolute Gasteiger partial charge is 0.365 e. The predicted octanol–water partition coefficient (Wildman–Crippen LogP) is 5.99. The third kappa shape index (κ3) is 5.85. The Morgan fingerprint density at radius 2 is 2.08 bits per heavy atom. The number of Topliss-reactive ketones (excluding diaryl/α,β-unsaturated/α-hetero) is 1. The number of carbonyl (C=O) groups excluding carboxylic acids is 2. The van der Waals surface area contributed by atoms with E-state index in [4.69, 9.17) is 4.52 Å². The van der Waals surface area contributed by atoms with E-state index in [0.29, 0.717) is 40.8 Å². The zero-order valence-electron chi connectivity index (χ0n) is 23.0. The van der Waals surface area contributed by atoms with Gasteiger partial charge in [-0.25, -0.2) is 9.37 Å². The van der Waals surface area contributed by atoms with Crippen LogP contribution in [-0.4, -0.2) is 42.9 Å². The minimum Gasteiger partial charge on any atom is -0.365 e. The Morgan fingerprint density at radius 3 is 2.80 bits per heavy atom. The number of allylic oxidation sites excluding steroid dienone is 1. The minimum absolute atomic E-state index is 0.0157. The van der Waals surface area contributed by atoms with E-state index in [0.717, 1.165) is 30.2 Å². The van der Waals surface area contributed by atoms with Crippen LogP contribution in [0.2, 0.25) is 0 Å². The van der Waals surface area contributed by atoms with Crippen molar-refractivity contribution in [3.8, 4) is 11.1 Å². The molecule has 10 heteroatoms. The number of pyridine rings is 1. The zero-order chi connectivity index (χ0) is 28.4. The molecular formula is C30H33FN6O3. The number of nitrogens with zero attached hydrogens (tertiary/aromatic N) is 4. The van der Waals surface area contributed by atoms with Gasteiger partial charge in [-0.05, 0) is 66.5 Å². The number of aromatic nitrogens is 5. The van der Waals surface area contributed by atoms with Crippen LogP contribution in [0.1, 0.15) is 74.9 Å². The molecule has 0 bridgehead atoms. The molecule has 0 radical (unpaired) electrons. The van der Waals surface area contributed by atoms with Gasteiger partial charge in [-0.3, -0.25) is 14.7 Å². The van der Waals surface area contributed by atoms with Gasteiger partial charge in [-0.2, -0.15) is 10.1 Å². The number of halogens is 1. The first-order chi connectivity index (χ1) is 19.1. The number of ketones is 2. The van der Waals surface area contributed by atoms with Gasteiger partial charge in [0.15, 0.2) is 17.2 Å². The van der Waals surface area contributed by atoms with Crippen LogP contribution in [0.5, 0.6) is 0 Å². The van der Waals surface area contributed by atoms with Crippen LogP contribution in [0.15, 0.2) is 47.6 Å². The van der Waals surface area contributed by atoms with Gasteiger partial charge in [0.05, 0.1) is 5.39 Å². The molecule has 3 aromatic heterocycles. The number of aryl methyl sites for hydroxylation is 1. The molecule has 1 aliphatic rings. The van der Waals surface area contributed by atoms with Crippen LogP contribution in [0.25, 0.3) is 22.2 Å². The highest BCUT2D eigenvalue weighted by Crippen LogP contribution is 2.36. The van der Waals surface area contributed by atoms with E-state index in [1.807, 2.05) is 32.9 Å². The fourth-order valence-electron chi connectivity index (χ4n) is 5.17. The Balaban J connectivity index is 1.30. The molecule has 4 aromatic rings. The van der Waals surface area contributed by atoms with E-state index < -0.39 is 5.82 Å². The minimum atomic E-state index is -0.401. The predicted molar refractivity (Wildman–Crippen MR) is 150 cm³/mol. The lowest BCUT2D eigenvalue weighted by Crippen LogP contribution is -2.16. The van der Waals surface area contributed by atoms with Gasteiger partial charge in [0, 0.05) is 30.5 Å². The lowest BCUT2D eigenvalue weighted by atomic mass is 9.97. The normalized spacial score (nSPS) is 17.3. The molecule has 208 valence electrons. The summed E-state index contributed by atoms with van der Waals surface area (Å²) in [6.07, 6.45) is 6.60. The number of H-pyrrole nitrogens is 1. The van der Waals surface area contributed by atoms with Gasteiger partial charge in [0.1, 0.15) is 5.82 Å². The summed E-state index contributed by atoms with van der Waals surface area (Å²) in [6, 6.07) is 7.03. The third-order valence-corrected chi connectivity index (χ3v) is 7.36. The Hall–Kier alpha value is -4.21. The summed E-state index contributed by atoms with van der Waals surface area (Å²) in [5.41, 5.74) is 2.14. The average molecular weight is 545 g/mol. The third-order valence-electron chi connectivity index (χ3n) is 7.36. The summed E-state index contributed by atoms with van der Waals surface area (Å²) in [4.78, 5) is 33.0. The molecule has 40 heavy (non-hydrogen) atoms. The Kier molecular flexibility index (Phi) is 7.60. The summed E-state index contributed by atoms with van der Waals surface area (Å²) in [5.74, 6) is 0.754. The molecule has 2 atom stereocenters. The number of benzene rings is 1. The van der Waals surface area contributed by atoms with E-state index in [2.05, 4.69) is 37.2 Å². The van der Waals surface area contributed by atoms with Gasteiger partial charge in [0.25, 0.3) is 0 Å². The second-order valence-electron chi connectivity index (χ2n) is 11.5. The molecule has 1 aromatic carbocycles. The number of carbonyl (C=O) groups is 2. The monoisotopic (exact) mass is 544 g/mol. The number of hydrogen-bond acceptors (Lipinski definition) is 8. The molecule has 0 unspecified atom stereocenters. The Bertz CT molecular complexity index is 1570. The van der Waals surface area contributed by atoms with E-state index in [1.54, 1.807) is 12.3 Å². The zero-order valence-corrected chi connectivity index (χ0v) is 23.0. The first-order valence-electron chi connectivity index (χ1n) is 13.5. The van der Waals surface area contributed by atoms with Crippen molar-refractivity contribution >= 4 is 28.4 Å². The fourth-order valence-corrected chi connectivity index (χ4v) is 5.17. The highest BCUT2D eigenvalue weighted by atomic mass is 19.1. The number of anilines is 1. The van der Waals surface area contributed by atoms with Gasteiger partial charge in [-0.15, -0.1) is 0 Å². The average Bonchev–Trinajstić information content (AvgIpc) is 3.68. The topological polar surface area (TPSA) is 127 Å². The van der Waals surface area contributed by atoms with Gasteiger partial charge < -0.3 is 9.84 Å². The van der Waals surface area contributed by atoms with Crippen molar-refractivity contribution in [2.75, 3.05) is 5.32 Å². The molecule has 1 aliphatic carbocycles. The molecule has 0 amide bonds. The second-order valence-corrected chi connectivity index (χ2v) is 11.5. The van der Waals surface area contributed by atoms with Crippen molar-refractivity contribution in [1.82, 2.24) is 25.3 Å². The maximum absolute atomic E-state index is 15.2. The van der Waals surface area contributed by atoms with Crippen LogP contribution >= 0.6 is 0 Å². The highest BCUT2D eigenvalue weighted by Gasteiger charge is 2.28. The first-order valence-corrected chi connectivity index (χ1v) is 13.5. The first kappa shape index (κ1) is 27.4. The quantitative estimate of drug-likeness (QED) is 0.184. The summed E-state index contributed by atoms with van der Waals surface area (Å²) < 4.78 is 20.4. The lowest BCUT2D eigenvalue weighted by molar-refractivity contribution is -0.115. The molecule has 1 fully saturated rings. The summed E-state index contributed by atoms with van der Waals surface area (Å²) in [7, 11) is 0. The molecule has 2 N–H and O–H groups in total. The van der Waals surface area contributed by atoms with Crippen molar-refractivity contribution in [1.29, 1.82) is 0 Å². The van der Waals surface area contributed by atoms with Crippen molar-refractivity contribution < 1.29 is 18.5 Å². The van der Waals surface area contributed by atoms with Gasteiger partial charge >= 0.3 is 0 Å². The second kappa shape index (κ2) is 11.1. The van der Waals surface area contributed by atoms with Crippen molar-refractivity contribution in [3.63, 3.8) is 0 Å². The molecule has 0 spiro atoms. The van der Waals surface area contributed by atoms with Crippen LogP contribution in [-0.2, 0) is 16.6 Å². The van der Waals surface area contributed by atoms with Crippen LogP contribution in [0.4, 0.5) is 10.2 Å². The van der Waals surface area contributed by atoms with Gasteiger partial charge in [0.2, 0.25) is 17.5 Å². The molecule has 1 saturated carbocycles. The number of fused-ring (bicyclic) bond motifs is 1. The van der Waals surface area contributed by atoms with E-state index >= 15 is 4.39 Å². The number of aromatic amines is 1. The maximum atomic E-state index is 15.2. The van der Waals surface area contributed by atoms with E-state index in [1.165, 1.54) is 12.1 Å². The van der Waals surface area contributed by atoms with Crippen LogP contribution in [0.3, 0.4) is 0 Å². The molecule has 5 rings (SSSR count). The van der Waals surface area contributed by atoms with E-state index in [-0.39, 0.29) is 41.7 Å². The molecule has 3 heterocycles. The smallest absolute Gasteiger partial charge is 0.238 e. The standard InChI is InChI=1S/C30H33FN6O3/c1-5-21(38)15-17-6-10-20(14-17)33-28-25-22(12-13-32-27(25)35-36-28)19-8-7-18(23(31)16-19)9-11-24(39)26-34-29(40-37-26)30(2,3)4/h5,7-8,12-13,16-17,20H,1,6,9-11,14-15H2,2-4H3,(H2,32,33,35,36)/t17-,20+/m0/s1. The van der Waals surface area contributed by atoms with Gasteiger partial charge in [-0.1, -0.05) is 44.6 Å². The summed E-state index contributed by atoms with van der Waals surface area (Å²) >= 11 is 0. The van der Waals surface area contributed by atoms with Crippen LogP contribution < -0.4 is 5.32 Å². The summed E-state index contributed by atoms with van der Waals surface area (Å²) in [5, 5.41) is 15.5.